The Kier molecular flexibility index (Phi) is 8.65. The van der Waals surface area contributed by atoms with E-state index in [-0.39, 0.29) is 12.7 Å². The molecule has 0 aromatic rings. The van der Waals surface area contributed by atoms with Crippen molar-refractivity contribution in [2.45, 2.75) is 110 Å². The second kappa shape index (κ2) is 11.0. The lowest BCUT2D eigenvalue weighted by atomic mass is 9.76. The van der Waals surface area contributed by atoms with Crippen LogP contribution in [0.3, 0.4) is 0 Å². The van der Waals surface area contributed by atoms with E-state index in [0.717, 1.165) is 24.7 Å². The molecule has 3 rings (SSSR count). The lowest BCUT2D eigenvalue weighted by Gasteiger charge is -2.34. The summed E-state index contributed by atoms with van der Waals surface area (Å²) in [7, 11) is 0. The molecule has 2 aliphatic carbocycles. The first kappa shape index (κ1) is 24.3. The molecule has 0 spiro atoms. The van der Waals surface area contributed by atoms with Gasteiger partial charge < -0.3 is 19.5 Å². The molecule has 0 radical (unpaired) electrons. The molecule has 1 heterocycles. The summed E-state index contributed by atoms with van der Waals surface area (Å²) in [4.78, 5) is 25.1. The van der Waals surface area contributed by atoms with Crippen LogP contribution < -0.4 is 5.32 Å². The minimum absolute atomic E-state index is 0.127. The molecule has 6 nitrogen and oxygen atoms in total. The third-order valence-corrected chi connectivity index (χ3v) is 7.29. The van der Waals surface area contributed by atoms with Gasteiger partial charge in [-0.1, -0.05) is 51.4 Å². The third-order valence-electron chi connectivity index (χ3n) is 7.29. The topological polar surface area (TPSA) is 73.9 Å². The molecule has 4 atom stereocenters. The Morgan fingerprint density at radius 3 is 2.16 bits per heavy atom. The summed E-state index contributed by atoms with van der Waals surface area (Å²) < 4.78 is 17.3. The van der Waals surface area contributed by atoms with E-state index in [0.29, 0.717) is 18.4 Å². The Hall–Kier alpha value is -1.30. The van der Waals surface area contributed by atoms with Gasteiger partial charge in [0.15, 0.2) is 6.04 Å². The molecule has 178 valence electrons. The summed E-state index contributed by atoms with van der Waals surface area (Å²) >= 11 is 0. The number of hydrogen-bond donors (Lipinski definition) is 1. The minimum Gasteiger partial charge on any atom is -0.461 e. The molecule has 3 aliphatic rings. The van der Waals surface area contributed by atoms with Crippen LogP contribution in [0.4, 0.5) is 4.79 Å². The standard InChI is InChI=1S/C25H43NO5/c1-17-21(14-19-11-7-8-12-19)20(13-18-9-5-6-10-18)15-29-16-22(23(27)30-17)26-24(28)31-25(2,3)4/h17-22H,5-16H2,1-4H3,(H,26,28)/t17-,20-,21-,22-/m0/s1. The van der Waals surface area contributed by atoms with Gasteiger partial charge in [-0.25, -0.2) is 9.59 Å². The van der Waals surface area contributed by atoms with Gasteiger partial charge in [-0.3, -0.25) is 0 Å². The second-order valence-electron chi connectivity index (χ2n) is 11.1. The predicted molar refractivity (Wildman–Crippen MR) is 120 cm³/mol. The summed E-state index contributed by atoms with van der Waals surface area (Å²) in [5.41, 5.74) is -0.626. The van der Waals surface area contributed by atoms with Crippen LogP contribution in [-0.4, -0.2) is 43.0 Å². The summed E-state index contributed by atoms with van der Waals surface area (Å²) in [6.07, 6.45) is 12.0. The maximum atomic E-state index is 12.9. The number of carbonyl (C=O) groups excluding carboxylic acids is 2. The summed E-state index contributed by atoms with van der Waals surface area (Å²) in [6, 6.07) is -0.838. The highest BCUT2D eigenvalue weighted by atomic mass is 16.6. The second-order valence-corrected chi connectivity index (χ2v) is 11.1. The van der Waals surface area contributed by atoms with E-state index < -0.39 is 23.7 Å². The molecule has 3 fully saturated rings. The number of carbonyl (C=O) groups is 2. The number of ether oxygens (including phenoxy) is 3. The first-order valence-corrected chi connectivity index (χ1v) is 12.5. The largest absolute Gasteiger partial charge is 0.461 e. The van der Waals surface area contributed by atoms with Crippen LogP contribution in [0.5, 0.6) is 0 Å². The van der Waals surface area contributed by atoms with E-state index >= 15 is 0 Å². The van der Waals surface area contributed by atoms with Gasteiger partial charge in [0.2, 0.25) is 0 Å². The number of amides is 1. The van der Waals surface area contributed by atoms with E-state index in [2.05, 4.69) is 5.32 Å². The van der Waals surface area contributed by atoms with Gasteiger partial charge in [-0.15, -0.1) is 0 Å². The van der Waals surface area contributed by atoms with Gasteiger partial charge >= 0.3 is 12.1 Å². The fourth-order valence-corrected chi connectivity index (χ4v) is 5.75. The van der Waals surface area contributed by atoms with Crippen LogP contribution in [0, 0.1) is 23.7 Å². The molecule has 0 aromatic carbocycles. The number of rotatable bonds is 5. The maximum absolute atomic E-state index is 12.9. The molecular formula is C25H43NO5. The number of alkyl carbamates (subject to hydrolysis) is 1. The molecule has 1 amide bonds. The number of cyclic esters (lactones) is 1. The van der Waals surface area contributed by atoms with E-state index in [4.69, 9.17) is 14.2 Å². The molecule has 0 unspecified atom stereocenters. The molecule has 0 aromatic heterocycles. The molecule has 0 bridgehead atoms. The Morgan fingerprint density at radius 1 is 1.00 bits per heavy atom. The van der Waals surface area contributed by atoms with Crippen molar-refractivity contribution < 1.29 is 23.8 Å². The van der Waals surface area contributed by atoms with Gasteiger partial charge in [0, 0.05) is 12.5 Å². The minimum atomic E-state index is -0.838. The predicted octanol–water partition coefficient (Wildman–Crippen LogP) is 5.23. The molecule has 31 heavy (non-hydrogen) atoms. The van der Waals surface area contributed by atoms with Crippen LogP contribution in [0.15, 0.2) is 0 Å². The van der Waals surface area contributed by atoms with Crippen molar-refractivity contribution in [2.24, 2.45) is 23.7 Å². The Bertz CT molecular complexity index is 589. The first-order chi connectivity index (χ1) is 14.7. The molecule has 1 aliphatic heterocycles. The van der Waals surface area contributed by atoms with Gasteiger partial charge in [0.05, 0.1) is 6.61 Å². The van der Waals surface area contributed by atoms with Crippen LogP contribution in [0.1, 0.15) is 91.9 Å². The van der Waals surface area contributed by atoms with Crippen molar-refractivity contribution >= 4 is 12.1 Å². The SMILES string of the molecule is C[C@@H]1OC(=O)[C@@H](NC(=O)OC(C)(C)C)COC[C@H](CC2CCCC2)[C@H]1CC1CCCC1. The highest BCUT2D eigenvalue weighted by Gasteiger charge is 2.38. The van der Waals surface area contributed by atoms with Crippen molar-refractivity contribution in [3.05, 3.63) is 0 Å². The molecular weight excluding hydrogens is 394 g/mol. The zero-order chi connectivity index (χ0) is 22.4. The van der Waals surface area contributed by atoms with E-state index in [1.807, 2.05) is 6.92 Å². The van der Waals surface area contributed by atoms with Crippen molar-refractivity contribution in [3.8, 4) is 0 Å². The van der Waals surface area contributed by atoms with Crippen molar-refractivity contribution in [3.63, 3.8) is 0 Å². The normalized spacial score (nSPS) is 31.5. The Labute approximate surface area is 188 Å². The summed E-state index contributed by atoms with van der Waals surface area (Å²) in [5, 5.41) is 2.66. The first-order valence-electron chi connectivity index (χ1n) is 12.5. The van der Waals surface area contributed by atoms with E-state index in [1.165, 1.54) is 51.4 Å². The fourth-order valence-electron chi connectivity index (χ4n) is 5.75. The lowest BCUT2D eigenvalue weighted by molar-refractivity contribution is -0.154. The zero-order valence-corrected chi connectivity index (χ0v) is 20.0. The van der Waals surface area contributed by atoms with Gasteiger partial charge in [-0.2, -0.15) is 0 Å². The number of esters is 1. The van der Waals surface area contributed by atoms with Crippen LogP contribution in [-0.2, 0) is 19.0 Å². The van der Waals surface area contributed by atoms with Crippen molar-refractivity contribution in [2.75, 3.05) is 13.2 Å². The highest BCUT2D eigenvalue weighted by Crippen LogP contribution is 2.40. The third kappa shape index (κ3) is 7.65. The van der Waals surface area contributed by atoms with E-state index in [1.54, 1.807) is 20.8 Å². The summed E-state index contributed by atoms with van der Waals surface area (Å²) in [5.74, 6) is 1.78. The molecule has 1 saturated heterocycles. The molecule has 2 saturated carbocycles. The lowest BCUT2D eigenvalue weighted by Crippen LogP contribution is -2.47. The van der Waals surface area contributed by atoms with Crippen LogP contribution in [0.2, 0.25) is 0 Å². The maximum Gasteiger partial charge on any atom is 0.408 e. The smallest absolute Gasteiger partial charge is 0.408 e. The van der Waals surface area contributed by atoms with Gasteiger partial charge in [0.25, 0.3) is 0 Å². The van der Waals surface area contributed by atoms with Crippen molar-refractivity contribution in [1.82, 2.24) is 5.32 Å². The van der Waals surface area contributed by atoms with Crippen molar-refractivity contribution in [1.29, 1.82) is 0 Å². The Morgan fingerprint density at radius 2 is 1.58 bits per heavy atom. The average molecular weight is 438 g/mol. The highest BCUT2D eigenvalue weighted by molar-refractivity contribution is 5.81. The monoisotopic (exact) mass is 437 g/mol. The fraction of sp³-hybridized carbons (Fsp3) is 0.920. The van der Waals surface area contributed by atoms with Gasteiger partial charge in [0.1, 0.15) is 11.7 Å². The molecule has 1 N–H and O–H groups in total. The number of hydrogen-bond acceptors (Lipinski definition) is 5. The average Bonchev–Trinajstić information content (AvgIpc) is 3.36. The van der Waals surface area contributed by atoms with E-state index in [9.17, 15) is 9.59 Å². The number of nitrogens with one attached hydrogen (secondary N) is 1. The summed E-state index contributed by atoms with van der Waals surface area (Å²) in [6.45, 7) is 8.19. The quantitative estimate of drug-likeness (QED) is 0.596. The van der Waals surface area contributed by atoms with Crippen LogP contribution >= 0.6 is 0 Å². The van der Waals surface area contributed by atoms with Gasteiger partial charge in [-0.05, 0) is 58.3 Å². The Balaban J connectivity index is 1.69. The zero-order valence-electron chi connectivity index (χ0n) is 20.0. The molecule has 6 heteroatoms. The van der Waals surface area contributed by atoms with Crippen LogP contribution in [0.25, 0.3) is 0 Å².